The van der Waals surface area contributed by atoms with Crippen molar-refractivity contribution in [2.24, 2.45) is 0 Å². The lowest BCUT2D eigenvalue weighted by molar-refractivity contribution is -0.717. The summed E-state index contributed by atoms with van der Waals surface area (Å²) in [5.74, 6) is 0.971. The fraction of sp³-hybridized carbons (Fsp3) is 0.0833. The van der Waals surface area contributed by atoms with Crippen molar-refractivity contribution < 1.29 is 9.30 Å². The summed E-state index contributed by atoms with van der Waals surface area (Å²) in [6, 6.07) is 14.3. The molecule has 2 nitrogen and oxygen atoms in total. The van der Waals surface area contributed by atoms with Gasteiger partial charge in [0.25, 0.3) is 6.73 Å². The number of para-hydroxylation sites is 1. The summed E-state index contributed by atoms with van der Waals surface area (Å²) < 4.78 is 7.71. The van der Waals surface area contributed by atoms with Gasteiger partial charge in [-0.1, -0.05) is 12.1 Å². The maximum absolute atomic E-state index is 5.61. The van der Waals surface area contributed by atoms with Crippen LogP contribution in [0.25, 0.3) is 11.3 Å². The van der Waals surface area contributed by atoms with Crippen LogP contribution in [0.4, 0.5) is 0 Å². The van der Waals surface area contributed by atoms with E-state index in [1.807, 2.05) is 36.5 Å². The van der Waals surface area contributed by atoms with Gasteiger partial charge in [-0.05, 0) is 18.2 Å². The molecule has 1 aromatic carbocycles. The predicted molar refractivity (Wildman–Crippen MR) is 52.7 cm³/mol. The third-order valence-electron chi connectivity index (χ3n) is 2.46. The van der Waals surface area contributed by atoms with Gasteiger partial charge in [-0.25, -0.2) is 0 Å². The highest BCUT2D eigenvalue weighted by Gasteiger charge is 2.21. The van der Waals surface area contributed by atoms with E-state index in [2.05, 4.69) is 16.7 Å². The van der Waals surface area contributed by atoms with Crippen LogP contribution in [-0.4, -0.2) is 0 Å². The molecule has 0 atom stereocenters. The van der Waals surface area contributed by atoms with Gasteiger partial charge >= 0.3 is 0 Å². The molecule has 0 bridgehead atoms. The highest BCUT2D eigenvalue weighted by atomic mass is 16.5. The zero-order valence-electron chi connectivity index (χ0n) is 7.68. The molecule has 0 saturated heterocycles. The van der Waals surface area contributed by atoms with Crippen LogP contribution in [0.1, 0.15) is 0 Å². The summed E-state index contributed by atoms with van der Waals surface area (Å²) >= 11 is 0. The van der Waals surface area contributed by atoms with E-state index in [0.29, 0.717) is 6.73 Å². The van der Waals surface area contributed by atoms with Crippen LogP contribution in [0.5, 0.6) is 5.75 Å². The molecular formula is C12H10NO+. The molecule has 0 unspecified atom stereocenters. The molecule has 1 aromatic heterocycles. The maximum atomic E-state index is 5.61. The smallest absolute Gasteiger partial charge is 0.292 e. The largest absolute Gasteiger partial charge is 0.435 e. The van der Waals surface area contributed by atoms with Crippen LogP contribution in [0.15, 0.2) is 48.7 Å². The molecular weight excluding hydrogens is 174 g/mol. The van der Waals surface area contributed by atoms with Crippen molar-refractivity contribution in [1.29, 1.82) is 0 Å². The number of ether oxygens (including phenoxy) is 1. The first kappa shape index (κ1) is 7.56. The van der Waals surface area contributed by atoms with Gasteiger partial charge in [-0.15, -0.1) is 0 Å². The Morgan fingerprint density at radius 1 is 1.00 bits per heavy atom. The Morgan fingerprint density at radius 3 is 2.86 bits per heavy atom. The van der Waals surface area contributed by atoms with Crippen molar-refractivity contribution in [3.8, 4) is 17.0 Å². The molecule has 1 aliphatic heterocycles. The second-order valence-electron chi connectivity index (χ2n) is 3.33. The molecule has 68 valence electrons. The Bertz CT molecular complexity index is 434. The minimum Gasteiger partial charge on any atom is -0.435 e. The van der Waals surface area contributed by atoms with Gasteiger partial charge in [0.2, 0.25) is 5.69 Å². The molecule has 0 fully saturated rings. The standard InChI is InChI=1S/C12H10NO/c1-2-7-12-10(5-1)11-6-3-4-8-13(11)9-14-12/h1-8H,9H2/q+1. The minimum absolute atomic E-state index is 0.604. The number of aromatic nitrogens is 1. The van der Waals surface area contributed by atoms with E-state index in [1.165, 1.54) is 11.3 Å². The summed E-state index contributed by atoms with van der Waals surface area (Å²) in [4.78, 5) is 0. The van der Waals surface area contributed by atoms with Crippen LogP contribution in [-0.2, 0) is 6.73 Å². The van der Waals surface area contributed by atoms with Crippen LogP contribution in [0, 0.1) is 0 Å². The zero-order valence-corrected chi connectivity index (χ0v) is 7.68. The summed E-state index contributed by atoms with van der Waals surface area (Å²) in [5, 5.41) is 0. The molecule has 1 aliphatic rings. The van der Waals surface area contributed by atoms with Gasteiger partial charge in [0.1, 0.15) is 5.75 Å². The first-order valence-electron chi connectivity index (χ1n) is 4.66. The number of benzene rings is 1. The van der Waals surface area contributed by atoms with E-state index in [9.17, 15) is 0 Å². The molecule has 0 spiro atoms. The molecule has 3 rings (SSSR count). The second-order valence-corrected chi connectivity index (χ2v) is 3.33. The van der Waals surface area contributed by atoms with Gasteiger partial charge in [-0.3, -0.25) is 0 Å². The Hall–Kier alpha value is -1.83. The predicted octanol–water partition coefficient (Wildman–Crippen LogP) is 1.99. The van der Waals surface area contributed by atoms with E-state index < -0.39 is 0 Å². The number of hydrogen-bond acceptors (Lipinski definition) is 1. The number of fused-ring (bicyclic) bond motifs is 3. The van der Waals surface area contributed by atoms with Crippen molar-refractivity contribution >= 4 is 0 Å². The van der Waals surface area contributed by atoms with E-state index in [0.717, 1.165) is 5.75 Å². The molecule has 0 N–H and O–H groups in total. The third-order valence-corrected chi connectivity index (χ3v) is 2.46. The normalized spacial score (nSPS) is 12.6. The topological polar surface area (TPSA) is 13.1 Å². The SMILES string of the molecule is c1ccc2c(c1)OC[n+]1ccccc1-2. The summed E-state index contributed by atoms with van der Waals surface area (Å²) in [7, 11) is 0. The van der Waals surface area contributed by atoms with Crippen molar-refractivity contribution in [1.82, 2.24) is 0 Å². The average molecular weight is 184 g/mol. The number of hydrogen-bond donors (Lipinski definition) is 0. The van der Waals surface area contributed by atoms with Crippen molar-refractivity contribution in [2.75, 3.05) is 0 Å². The van der Waals surface area contributed by atoms with Crippen molar-refractivity contribution in [2.45, 2.75) is 6.73 Å². The summed E-state index contributed by atoms with van der Waals surface area (Å²) in [5.41, 5.74) is 2.38. The van der Waals surface area contributed by atoms with Gasteiger partial charge in [0.05, 0.1) is 5.56 Å². The van der Waals surface area contributed by atoms with Gasteiger partial charge in [0, 0.05) is 12.1 Å². The first-order chi connectivity index (χ1) is 6.95. The van der Waals surface area contributed by atoms with Crippen LogP contribution in [0.3, 0.4) is 0 Å². The first-order valence-corrected chi connectivity index (χ1v) is 4.66. The third kappa shape index (κ3) is 1.01. The average Bonchev–Trinajstić information content (AvgIpc) is 2.29. The van der Waals surface area contributed by atoms with Crippen LogP contribution < -0.4 is 9.30 Å². The minimum atomic E-state index is 0.604. The van der Waals surface area contributed by atoms with E-state index in [-0.39, 0.29) is 0 Å². The lowest BCUT2D eigenvalue weighted by atomic mass is 10.1. The monoisotopic (exact) mass is 184 g/mol. The van der Waals surface area contributed by atoms with Gasteiger partial charge in [-0.2, -0.15) is 4.57 Å². The Kier molecular flexibility index (Phi) is 1.53. The lowest BCUT2D eigenvalue weighted by Crippen LogP contribution is -2.41. The number of rotatable bonds is 0. The highest BCUT2D eigenvalue weighted by molar-refractivity contribution is 5.65. The maximum Gasteiger partial charge on any atom is 0.292 e. The molecule has 2 heterocycles. The molecule has 0 aliphatic carbocycles. The Balaban J connectivity index is 2.29. The molecule has 2 aromatic rings. The number of nitrogens with zero attached hydrogens (tertiary/aromatic N) is 1. The highest BCUT2D eigenvalue weighted by Crippen LogP contribution is 2.29. The van der Waals surface area contributed by atoms with E-state index >= 15 is 0 Å². The quantitative estimate of drug-likeness (QED) is 0.571. The molecule has 0 saturated carbocycles. The van der Waals surface area contributed by atoms with E-state index in [4.69, 9.17) is 4.74 Å². The van der Waals surface area contributed by atoms with Crippen LogP contribution in [0.2, 0.25) is 0 Å². The van der Waals surface area contributed by atoms with Crippen molar-refractivity contribution in [3.05, 3.63) is 48.7 Å². The molecule has 0 radical (unpaired) electrons. The molecule has 2 heteroatoms. The lowest BCUT2D eigenvalue weighted by Gasteiger charge is -2.14. The Labute approximate surface area is 82.4 Å². The summed E-state index contributed by atoms with van der Waals surface area (Å²) in [6.07, 6.45) is 2.03. The van der Waals surface area contributed by atoms with E-state index in [1.54, 1.807) is 0 Å². The Morgan fingerprint density at radius 2 is 1.86 bits per heavy atom. The number of pyridine rings is 1. The van der Waals surface area contributed by atoms with Crippen molar-refractivity contribution in [3.63, 3.8) is 0 Å². The second kappa shape index (κ2) is 2.84. The fourth-order valence-corrected chi connectivity index (χ4v) is 1.78. The summed E-state index contributed by atoms with van der Waals surface area (Å²) in [6.45, 7) is 0.604. The van der Waals surface area contributed by atoms with Crippen LogP contribution >= 0.6 is 0 Å². The molecule has 14 heavy (non-hydrogen) atoms. The zero-order chi connectivity index (χ0) is 9.38. The fourth-order valence-electron chi connectivity index (χ4n) is 1.78. The van der Waals surface area contributed by atoms with Gasteiger partial charge < -0.3 is 4.74 Å². The molecule has 0 amide bonds. The van der Waals surface area contributed by atoms with Gasteiger partial charge in [0.15, 0.2) is 6.20 Å².